The molecule has 0 saturated heterocycles. The average molecular weight is 374 g/mol. The number of benzene rings is 1. The summed E-state index contributed by atoms with van der Waals surface area (Å²) in [4.78, 5) is 3.35. The van der Waals surface area contributed by atoms with Crippen molar-refractivity contribution in [2.75, 3.05) is 0 Å². The quantitative estimate of drug-likeness (QED) is 0.574. The molecule has 0 unspecified atom stereocenters. The number of aromatic amines is 1. The minimum atomic E-state index is 0.141. The van der Waals surface area contributed by atoms with Gasteiger partial charge in [0.2, 0.25) is 0 Å². The van der Waals surface area contributed by atoms with Crippen LogP contribution >= 0.6 is 34.8 Å². The Morgan fingerprint density at radius 1 is 1.22 bits per heavy atom. The maximum atomic E-state index is 5.55. The minimum Gasteiger partial charge on any atom is -0.331 e. The van der Waals surface area contributed by atoms with Gasteiger partial charge in [0.25, 0.3) is 0 Å². The third-order valence-corrected chi connectivity index (χ3v) is 5.05. The second-order valence-electron chi connectivity index (χ2n) is 4.71. The lowest BCUT2D eigenvalue weighted by atomic mass is 9.89. The van der Waals surface area contributed by atoms with Crippen molar-refractivity contribution in [2.45, 2.75) is 45.6 Å². The molecule has 0 atom stereocenters. The van der Waals surface area contributed by atoms with Crippen molar-refractivity contribution in [1.29, 1.82) is 0 Å². The van der Waals surface area contributed by atoms with Gasteiger partial charge in [0.15, 0.2) is 4.77 Å². The maximum absolute atomic E-state index is 5.55. The summed E-state index contributed by atoms with van der Waals surface area (Å²) in [5, 5.41) is 0. The number of imidazole rings is 1. The van der Waals surface area contributed by atoms with Gasteiger partial charge in [-0.15, -0.1) is 0 Å². The summed E-state index contributed by atoms with van der Waals surface area (Å²) in [6.07, 6.45) is 3.31. The zero-order valence-corrected chi connectivity index (χ0v) is 14.1. The molecule has 0 bridgehead atoms. The number of hydrogen-bond acceptors (Lipinski definition) is 1. The van der Waals surface area contributed by atoms with Crippen LogP contribution in [0.1, 0.15) is 40.0 Å². The Morgan fingerprint density at radius 2 is 1.83 bits per heavy atom. The van der Waals surface area contributed by atoms with Crippen LogP contribution in [0.25, 0.3) is 11.0 Å². The van der Waals surface area contributed by atoms with Gasteiger partial charge in [-0.1, -0.05) is 20.8 Å². The fourth-order valence-electron chi connectivity index (χ4n) is 2.78. The van der Waals surface area contributed by atoms with E-state index >= 15 is 0 Å². The first-order valence-corrected chi connectivity index (χ1v) is 7.97. The molecule has 1 aromatic heterocycles. The van der Waals surface area contributed by atoms with E-state index in [2.05, 4.69) is 71.1 Å². The third-order valence-electron chi connectivity index (χ3n) is 4.09. The Labute approximate surface area is 127 Å². The molecular formula is C14H19IN2S. The van der Waals surface area contributed by atoms with E-state index in [0.29, 0.717) is 0 Å². The van der Waals surface area contributed by atoms with E-state index in [9.17, 15) is 0 Å². The predicted octanol–water partition coefficient (Wildman–Crippen LogP) is 5.23. The van der Waals surface area contributed by atoms with Gasteiger partial charge in [0.1, 0.15) is 0 Å². The standard InChI is InChI=1S/C14H19IN2S/c1-4-14(5-2,6-3)17-12-8-7-10(15)9-11(12)16-13(17)18/h7-9H,4-6H2,1-3H3,(H,16,18). The van der Waals surface area contributed by atoms with Crippen LogP contribution < -0.4 is 0 Å². The van der Waals surface area contributed by atoms with Gasteiger partial charge in [-0.05, 0) is 72.3 Å². The molecule has 0 fully saturated rings. The smallest absolute Gasteiger partial charge is 0.178 e. The molecule has 0 radical (unpaired) electrons. The highest BCUT2D eigenvalue weighted by atomic mass is 127. The Hall–Kier alpha value is -0.360. The molecule has 0 aliphatic carbocycles. The molecule has 1 aromatic carbocycles. The molecule has 98 valence electrons. The van der Waals surface area contributed by atoms with Gasteiger partial charge in [-0.3, -0.25) is 0 Å². The van der Waals surface area contributed by atoms with Crippen molar-refractivity contribution < 1.29 is 0 Å². The lowest BCUT2D eigenvalue weighted by molar-refractivity contribution is 0.255. The highest BCUT2D eigenvalue weighted by Gasteiger charge is 2.28. The summed E-state index contributed by atoms with van der Waals surface area (Å²) in [6.45, 7) is 6.75. The molecule has 0 aliphatic rings. The lowest BCUT2D eigenvalue weighted by Gasteiger charge is -2.33. The Morgan fingerprint density at radius 3 is 2.39 bits per heavy atom. The van der Waals surface area contributed by atoms with E-state index in [1.54, 1.807) is 0 Å². The van der Waals surface area contributed by atoms with Crippen LogP contribution in [-0.4, -0.2) is 9.55 Å². The first kappa shape index (κ1) is 14.1. The number of fused-ring (bicyclic) bond motifs is 1. The summed E-state index contributed by atoms with van der Waals surface area (Å²) in [5.41, 5.74) is 2.51. The van der Waals surface area contributed by atoms with E-state index < -0.39 is 0 Å². The van der Waals surface area contributed by atoms with E-state index in [1.165, 1.54) is 9.09 Å². The maximum Gasteiger partial charge on any atom is 0.178 e. The van der Waals surface area contributed by atoms with Crippen molar-refractivity contribution in [2.24, 2.45) is 0 Å². The molecule has 1 N–H and O–H groups in total. The summed E-state index contributed by atoms with van der Waals surface area (Å²) >= 11 is 7.88. The molecule has 18 heavy (non-hydrogen) atoms. The highest BCUT2D eigenvalue weighted by molar-refractivity contribution is 14.1. The van der Waals surface area contributed by atoms with Crippen molar-refractivity contribution in [3.8, 4) is 0 Å². The van der Waals surface area contributed by atoms with Gasteiger partial charge in [0.05, 0.1) is 11.0 Å². The summed E-state index contributed by atoms with van der Waals surface area (Å²) in [7, 11) is 0. The van der Waals surface area contributed by atoms with E-state index in [4.69, 9.17) is 12.2 Å². The summed E-state index contributed by atoms with van der Waals surface area (Å²) in [5.74, 6) is 0. The van der Waals surface area contributed by atoms with Gasteiger partial charge in [0, 0.05) is 9.11 Å². The molecular weight excluding hydrogens is 355 g/mol. The SMILES string of the molecule is CCC(CC)(CC)n1c(=S)[nH]c2cc(I)ccc21. The van der Waals surface area contributed by atoms with Gasteiger partial charge in [-0.25, -0.2) is 0 Å². The fraction of sp³-hybridized carbons (Fsp3) is 0.500. The van der Waals surface area contributed by atoms with Crippen LogP contribution in [0.5, 0.6) is 0 Å². The van der Waals surface area contributed by atoms with Gasteiger partial charge >= 0.3 is 0 Å². The molecule has 0 aliphatic heterocycles. The van der Waals surface area contributed by atoms with Crippen molar-refractivity contribution in [1.82, 2.24) is 9.55 Å². The van der Waals surface area contributed by atoms with Crippen molar-refractivity contribution in [3.05, 3.63) is 26.5 Å². The first-order chi connectivity index (χ1) is 8.57. The molecule has 1 heterocycles. The van der Waals surface area contributed by atoms with Crippen LogP contribution in [0.3, 0.4) is 0 Å². The largest absolute Gasteiger partial charge is 0.331 e. The number of rotatable bonds is 4. The summed E-state index contributed by atoms with van der Waals surface area (Å²) < 4.78 is 4.41. The van der Waals surface area contributed by atoms with Crippen LogP contribution in [0.15, 0.2) is 18.2 Å². The normalized spacial score (nSPS) is 12.2. The first-order valence-electron chi connectivity index (χ1n) is 6.48. The molecule has 0 amide bonds. The number of H-pyrrole nitrogens is 1. The van der Waals surface area contributed by atoms with Crippen LogP contribution in [0.2, 0.25) is 0 Å². The van der Waals surface area contributed by atoms with Crippen LogP contribution in [0, 0.1) is 8.34 Å². The average Bonchev–Trinajstić information content (AvgIpc) is 2.69. The number of nitrogens with zero attached hydrogens (tertiary/aromatic N) is 1. The zero-order chi connectivity index (χ0) is 13.3. The fourth-order valence-corrected chi connectivity index (χ4v) is 3.67. The number of hydrogen-bond donors (Lipinski definition) is 1. The monoisotopic (exact) mass is 374 g/mol. The number of aromatic nitrogens is 2. The lowest BCUT2D eigenvalue weighted by Crippen LogP contribution is -2.31. The van der Waals surface area contributed by atoms with E-state index in [0.717, 1.165) is 29.6 Å². The van der Waals surface area contributed by atoms with E-state index in [-0.39, 0.29) is 5.54 Å². The molecule has 0 spiro atoms. The molecule has 2 aromatic rings. The van der Waals surface area contributed by atoms with Gasteiger partial charge < -0.3 is 9.55 Å². The molecule has 2 nitrogen and oxygen atoms in total. The van der Waals surface area contributed by atoms with Gasteiger partial charge in [-0.2, -0.15) is 0 Å². The molecule has 4 heteroatoms. The van der Waals surface area contributed by atoms with Crippen LogP contribution in [-0.2, 0) is 5.54 Å². The number of nitrogens with one attached hydrogen (secondary N) is 1. The molecule has 0 saturated carbocycles. The minimum absolute atomic E-state index is 0.141. The number of halogens is 1. The second kappa shape index (κ2) is 5.33. The Balaban J connectivity index is 2.77. The Kier molecular flexibility index (Phi) is 4.16. The topological polar surface area (TPSA) is 20.7 Å². The van der Waals surface area contributed by atoms with Crippen molar-refractivity contribution in [3.63, 3.8) is 0 Å². The highest BCUT2D eigenvalue weighted by Crippen LogP contribution is 2.33. The van der Waals surface area contributed by atoms with E-state index in [1.807, 2.05) is 0 Å². The third kappa shape index (κ3) is 2.13. The summed E-state index contributed by atoms with van der Waals surface area (Å²) in [6, 6.07) is 6.49. The van der Waals surface area contributed by atoms with Crippen molar-refractivity contribution >= 4 is 45.8 Å². The van der Waals surface area contributed by atoms with Crippen LogP contribution in [0.4, 0.5) is 0 Å². The Bertz CT molecular complexity index is 600. The molecule has 2 rings (SSSR count). The zero-order valence-electron chi connectivity index (χ0n) is 11.1. The second-order valence-corrected chi connectivity index (χ2v) is 6.34. The predicted molar refractivity (Wildman–Crippen MR) is 88.7 cm³/mol.